The van der Waals surface area contributed by atoms with E-state index in [-0.39, 0.29) is 17.4 Å². The lowest BCUT2D eigenvalue weighted by Gasteiger charge is -1.99. The Labute approximate surface area is 64.3 Å². The summed E-state index contributed by atoms with van der Waals surface area (Å²) in [4.78, 5) is 0. The maximum absolute atomic E-state index is 10.0. The third-order valence-electron chi connectivity index (χ3n) is 0.659. The Morgan fingerprint density at radius 1 is 1.70 bits per heavy atom. The van der Waals surface area contributed by atoms with Gasteiger partial charge in [0.15, 0.2) is 5.11 Å². The normalized spacial score (nSPS) is 10.9. The van der Waals surface area contributed by atoms with Gasteiger partial charge in [0.2, 0.25) is 0 Å². The molecule has 0 saturated heterocycles. The second kappa shape index (κ2) is 3.69. The summed E-state index contributed by atoms with van der Waals surface area (Å²) in [5.74, 6) is -0.385. The van der Waals surface area contributed by atoms with Crippen LogP contribution in [-0.4, -0.2) is 30.4 Å². The third kappa shape index (κ3) is 7.60. The first-order valence-corrected chi connectivity index (χ1v) is 4.42. The third-order valence-corrected chi connectivity index (χ3v) is 1.52. The summed E-state index contributed by atoms with van der Waals surface area (Å²) in [6.45, 7) is 0.0359. The first kappa shape index (κ1) is 9.60. The number of nitrogens with one attached hydrogen (secondary N) is 1. The minimum absolute atomic E-state index is 0.0173. The minimum Gasteiger partial charge on any atom is -0.376 e. The quantitative estimate of drug-likeness (QED) is 0.373. The van der Waals surface area contributed by atoms with Crippen molar-refractivity contribution in [3.63, 3.8) is 0 Å². The molecule has 0 rings (SSSR count). The standard InChI is InChI=1S/C3H8N2O3S2/c4-3(9)5-1-2-10(6,7)8/h1-2H2,(H3,4,5,9)(H,6,7,8). The van der Waals surface area contributed by atoms with Crippen LogP contribution >= 0.6 is 12.2 Å². The van der Waals surface area contributed by atoms with Crippen LogP contribution < -0.4 is 11.1 Å². The summed E-state index contributed by atoms with van der Waals surface area (Å²) in [5, 5.41) is 2.39. The van der Waals surface area contributed by atoms with Gasteiger partial charge in [0, 0.05) is 6.54 Å². The molecule has 0 spiro atoms. The maximum Gasteiger partial charge on any atom is 0.266 e. The molecule has 0 aliphatic carbocycles. The highest BCUT2D eigenvalue weighted by molar-refractivity contribution is 7.85. The highest BCUT2D eigenvalue weighted by atomic mass is 32.2. The van der Waals surface area contributed by atoms with Crippen molar-refractivity contribution >= 4 is 27.4 Å². The van der Waals surface area contributed by atoms with Crippen molar-refractivity contribution in [2.24, 2.45) is 5.73 Å². The van der Waals surface area contributed by atoms with Gasteiger partial charge < -0.3 is 11.1 Å². The zero-order valence-electron chi connectivity index (χ0n) is 5.07. The van der Waals surface area contributed by atoms with Crippen LogP contribution in [0.4, 0.5) is 0 Å². The summed E-state index contributed by atoms with van der Waals surface area (Å²) in [7, 11) is -3.90. The fourth-order valence-corrected chi connectivity index (χ4v) is 0.765. The summed E-state index contributed by atoms with van der Waals surface area (Å²) in [6, 6.07) is 0. The number of rotatable bonds is 3. The summed E-state index contributed by atoms with van der Waals surface area (Å²) in [5.41, 5.74) is 4.97. The highest BCUT2D eigenvalue weighted by Crippen LogP contribution is 1.77. The molecule has 0 unspecified atom stereocenters. The fourth-order valence-electron chi connectivity index (χ4n) is 0.303. The van der Waals surface area contributed by atoms with Crippen molar-refractivity contribution in [2.45, 2.75) is 0 Å². The topological polar surface area (TPSA) is 92.4 Å². The first-order chi connectivity index (χ1) is 4.42. The van der Waals surface area contributed by atoms with Gasteiger partial charge in [-0.2, -0.15) is 8.42 Å². The molecule has 10 heavy (non-hydrogen) atoms. The summed E-state index contributed by atoms with van der Waals surface area (Å²) >= 11 is 4.37. The molecule has 0 bridgehead atoms. The monoisotopic (exact) mass is 184 g/mol. The van der Waals surface area contributed by atoms with Crippen LogP contribution in [0.25, 0.3) is 0 Å². The van der Waals surface area contributed by atoms with Gasteiger partial charge in [-0.25, -0.2) is 0 Å². The summed E-state index contributed by atoms with van der Waals surface area (Å²) < 4.78 is 28.3. The molecule has 60 valence electrons. The minimum atomic E-state index is -3.90. The Morgan fingerprint density at radius 3 is 2.50 bits per heavy atom. The zero-order valence-corrected chi connectivity index (χ0v) is 6.70. The molecule has 0 amide bonds. The Hall–Kier alpha value is -0.400. The molecule has 0 saturated carbocycles. The molecule has 0 heterocycles. The largest absolute Gasteiger partial charge is 0.376 e. The molecular formula is C3H8N2O3S2. The van der Waals surface area contributed by atoms with E-state index in [0.717, 1.165) is 0 Å². The van der Waals surface area contributed by atoms with E-state index >= 15 is 0 Å². The van der Waals surface area contributed by atoms with Crippen LogP contribution in [0.2, 0.25) is 0 Å². The number of thiocarbonyl (C=S) groups is 1. The number of nitrogens with two attached hydrogens (primary N) is 1. The lowest BCUT2D eigenvalue weighted by molar-refractivity contribution is 0.482. The molecule has 5 nitrogen and oxygen atoms in total. The van der Waals surface area contributed by atoms with Gasteiger partial charge in [-0.05, 0) is 12.2 Å². The van der Waals surface area contributed by atoms with Crippen molar-refractivity contribution in [3.8, 4) is 0 Å². The fraction of sp³-hybridized carbons (Fsp3) is 0.667. The molecule has 0 fully saturated rings. The highest BCUT2D eigenvalue weighted by Gasteiger charge is 2.02. The van der Waals surface area contributed by atoms with E-state index in [1.165, 1.54) is 0 Å². The molecule has 0 aliphatic heterocycles. The molecular weight excluding hydrogens is 176 g/mol. The van der Waals surface area contributed by atoms with Crippen LogP contribution in [0.3, 0.4) is 0 Å². The second-order valence-corrected chi connectivity index (χ2v) is 3.59. The van der Waals surface area contributed by atoms with Crippen LogP contribution in [0, 0.1) is 0 Å². The van der Waals surface area contributed by atoms with Crippen LogP contribution in [0.15, 0.2) is 0 Å². The Bertz CT molecular complexity index is 210. The van der Waals surface area contributed by atoms with Crippen LogP contribution in [0.1, 0.15) is 0 Å². The lowest BCUT2D eigenvalue weighted by atomic mass is 10.7. The summed E-state index contributed by atoms with van der Waals surface area (Å²) in [6.07, 6.45) is 0. The zero-order chi connectivity index (χ0) is 8.20. The van der Waals surface area contributed by atoms with E-state index < -0.39 is 10.1 Å². The average Bonchev–Trinajstić information content (AvgIpc) is 1.59. The molecule has 0 aromatic rings. The SMILES string of the molecule is NC(=S)NCCS(=O)(=O)O. The van der Waals surface area contributed by atoms with Crippen LogP contribution in [-0.2, 0) is 10.1 Å². The van der Waals surface area contributed by atoms with E-state index in [1.54, 1.807) is 0 Å². The number of hydrogen-bond donors (Lipinski definition) is 3. The van der Waals surface area contributed by atoms with E-state index in [2.05, 4.69) is 17.5 Å². The molecule has 0 aromatic heterocycles. The molecule has 0 radical (unpaired) electrons. The van der Waals surface area contributed by atoms with Crippen molar-refractivity contribution in [3.05, 3.63) is 0 Å². The van der Waals surface area contributed by atoms with Gasteiger partial charge >= 0.3 is 0 Å². The predicted molar refractivity (Wildman–Crippen MR) is 41.2 cm³/mol. The Kier molecular flexibility index (Phi) is 3.54. The van der Waals surface area contributed by atoms with Gasteiger partial charge in [0.05, 0.1) is 5.75 Å². The van der Waals surface area contributed by atoms with Crippen molar-refractivity contribution in [1.29, 1.82) is 0 Å². The smallest absolute Gasteiger partial charge is 0.266 e. The average molecular weight is 184 g/mol. The Morgan fingerprint density at radius 2 is 2.20 bits per heavy atom. The number of hydrogen-bond acceptors (Lipinski definition) is 3. The molecule has 7 heteroatoms. The van der Waals surface area contributed by atoms with Crippen molar-refractivity contribution in [1.82, 2.24) is 5.32 Å². The molecule has 0 aromatic carbocycles. The van der Waals surface area contributed by atoms with E-state index in [4.69, 9.17) is 10.3 Å². The molecule has 0 aliphatic rings. The van der Waals surface area contributed by atoms with Gasteiger partial charge in [-0.1, -0.05) is 0 Å². The predicted octanol–water partition coefficient (Wildman–Crippen LogP) is -1.29. The van der Waals surface area contributed by atoms with Gasteiger partial charge in [-0.15, -0.1) is 0 Å². The maximum atomic E-state index is 10.0. The van der Waals surface area contributed by atoms with E-state index in [0.29, 0.717) is 0 Å². The Balaban J connectivity index is 3.49. The second-order valence-electron chi connectivity index (χ2n) is 1.58. The van der Waals surface area contributed by atoms with Gasteiger partial charge in [-0.3, -0.25) is 4.55 Å². The van der Waals surface area contributed by atoms with Crippen LogP contribution in [0.5, 0.6) is 0 Å². The van der Waals surface area contributed by atoms with Gasteiger partial charge in [0.1, 0.15) is 0 Å². The molecule has 0 atom stereocenters. The molecule has 4 N–H and O–H groups in total. The van der Waals surface area contributed by atoms with Crippen molar-refractivity contribution < 1.29 is 13.0 Å². The van der Waals surface area contributed by atoms with Crippen molar-refractivity contribution in [2.75, 3.05) is 12.3 Å². The van der Waals surface area contributed by atoms with Gasteiger partial charge in [0.25, 0.3) is 10.1 Å². The van der Waals surface area contributed by atoms with E-state index in [1.807, 2.05) is 0 Å². The van der Waals surface area contributed by atoms with E-state index in [9.17, 15) is 8.42 Å². The first-order valence-electron chi connectivity index (χ1n) is 2.40. The lowest BCUT2D eigenvalue weighted by Crippen LogP contribution is -2.32.